The van der Waals surface area contributed by atoms with Gasteiger partial charge in [0.1, 0.15) is 12.3 Å². The molecule has 9 heteroatoms. The van der Waals surface area contributed by atoms with Crippen molar-refractivity contribution in [1.82, 2.24) is 10.6 Å². The Morgan fingerprint density at radius 2 is 2.00 bits per heavy atom. The quantitative estimate of drug-likeness (QED) is 0.112. The maximum atomic E-state index is 13.3. The van der Waals surface area contributed by atoms with Crippen LogP contribution in [0.4, 0.5) is 13.2 Å². The average molecular weight is 575 g/mol. The van der Waals surface area contributed by atoms with E-state index in [9.17, 15) is 18.0 Å². The molecule has 1 fully saturated rings. The molecule has 0 aromatic rings. The van der Waals surface area contributed by atoms with Crippen LogP contribution in [0.25, 0.3) is 0 Å². The first kappa shape index (κ1) is 33.9. The number of hydrogen-bond acceptors (Lipinski definition) is 5. The summed E-state index contributed by atoms with van der Waals surface area (Å²) in [4.78, 5) is 13.3. The van der Waals surface area contributed by atoms with Crippen LogP contribution in [0.15, 0.2) is 82.8 Å². The molecular formula is C32H45F3N4O2. The molecule has 0 saturated carbocycles. The van der Waals surface area contributed by atoms with Crippen molar-refractivity contribution in [2.75, 3.05) is 19.8 Å². The Morgan fingerprint density at radius 1 is 1.24 bits per heavy atom. The standard InChI is InChI=1S/C32H45F3N4O2/c1-5-8-10-23(7-3)12-11-22(4)28(36)29(37)30-31(40)39-27(17-18-38-30)26-16-15-25(20-41-21-32(33,34)35)14-13-24(19-26)9-6-2/h7,11-12,14-16,19,24,27,36,38H,3,5-6,8-10,13,17-18,20-21,37H2,1-2,4H3,(H,39,40)/b16-15-,22-11+,23-12+,25-14-,26-19-,30-29+,36-28?/t24?,27-/m1/s1. The minimum absolute atomic E-state index is 0.0668. The van der Waals surface area contributed by atoms with Crippen molar-refractivity contribution in [2.45, 2.75) is 77.9 Å². The number of nitrogens with two attached hydrogens (primary N) is 1. The summed E-state index contributed by atoms with van der Waals surface area (Å²) in [6.45, 7) is 8.86. The van der Waals surface area contributed by atoms with Gasteiger partial charge in [-0.05, 0) is 67.2 Å². The number of alkyl halides is 3. The van der Waals surface area contributed by atoms with Crippen LogP contribution in [0.1, 0.15) is 65.7 Å². The fourth-order valence-electron chi connectivity index (χ4n) is 4.64. The Morgan fingerprint density at radius 3 is 2.66 bits per heavy atom. The largest absolute Gasteiger partial charge is 0.411 e. The van der Waals surface area contributed by atoms with Crippen molar-refractivity contribution in [3.63, 3.8) is 0 Å². The summed E-state index contributed by atoms with van der Waals surface area (Å²) in [6, 6.07) is -0.325. The molecule has 2 atom stereocenters. The first-order chi connectivity index (χ1) is 19.5. The number of rotatable bonds is 13. The van der Waals surface area contributed by atoms with Gasteiger partial charge in [-0.2, -0.15) is 13.2 Å². The van der Waals surface area contributed by atoms with Crippen LogP contribution in [0.3, 0.4) is 0 Å². The Balaban J connectivity index is 2.22. The zero-order valence-electron chi connectivity index (χ0n) is 24.5. The second kappa shape index (κ2) is 16.8. The van der Waals surface area contributed by atoms with E-state index in [0.717, 1.165) is 43.3 Å². The summed E-state index contributed by atoms with van der Waals surface area (Å²) in [5.41, 5.74) is 9.87. The zero-order valence-corrected chi connectivity index (χ0v) is 24.5. The number of carbonyl (C=O) groups is 1. The van der Waals surface area contributed by atoms with E-state index in [2.05, 4.69) is 37.1 Å². The fraction of sp³-hybridized carbons (Fsp3) is 0.500. The Hall–Kier alpha value is -3.33. The van der Waals surface area contributed by atoms with Crippen LogP contribution in [0.5, 0.6) is 0 Å². The van der Waals surface area contributed by atoms with Crippen LogP contribution in [0, 0.1) is 11.3 Å². The maximum absolute atomic E-state index is 13.3. The van der Waals surface area contributed by atoms with E-state index in [-0.39, 0.29) is 35.7 Å². The highest BCUT2D eigenvalue weighted by molar-refractivity contribution is 6.14. The van der Waals surface area contributed by atoms with Crippen LogP contribution in [0.2, 0.25) is 0 Å². The third-order valence-electron chi connectivity index (χ3n) is 7.03. The maximum Gasteiger partial charge on any atom is 0.411 e. The van der Waals surface area contributed by atoms with Gasteiger partial charge in [0, 0.05) is 6.54 Å². The highest BCUT2D eigenvalue weighted by Gasteiger charge is 2.28. The summed E-state index contributed by atoms with van der Waals surface area (Å²) in [5, 5.41) is 14.7. The number of ether oxygens (including phenoxy) is 1. The smallest absolute Gasteiger partial charge is 0.395 e. The molecule has 1 saturated heterocycles. The molecule has 5 N–H and O–H groups in total. The number of allylic oxidation sites excluding steroid dienone is 7. The molecule has 2 aliphatic rings. The molecule has 1 heterocycles. The lowest BCUT2D eigenvalue weighted by Crippen LogP contribution is -2.37. The molecule has 1 unspecified atom stereocenters. The van der Waals surface area contributed by atoms with Crippen molar-refractivity contribution >= 4 is 11.6 Å². The molecule has 2 rings (SSSR count). The molecule has 1 amide bonds. The summed E-state index contributed by atoms with van der Waals surface area (Å²) in [6.07, 6.45) is 15.0. The molecule has 1 aliphatic heterocycles. The summed E-state index contributed by atoms with van der Waals surface area (Å²) in [5.74, 6) is -0.224. The van der Waals surface area contributed by atoms with E-state index in [4.69, 9.17) is 15.9 Å². The van der Waals surface area contributed by atoms with Crippen molar-refractivity contribution in [3.8, 4) is 0 Å². The molecule has 0 aromatic carbocycles. The molecule has 0 bridgehead atoms. The fourth-order valence-corrected chi connectivity index (χ4v) is 4.64. The van der Waals surface area contributed by atoms with Gasteiger partial charge in [-0.3, -0.25) is 10.2 Å². The Kier molecular flexibility index (Phi) is 13.9. The van der Waals surface area contributed by atoms with Gasteiger partial charge in [0.15, 0.2) is 0 Å². The third-order valence-corrected chi connectivity index (χ3v) is 7.03. The van der Waals surface area contributed by atoms with E-state index in [0.29, 0.717) is 30.5 Å². The predicted molar refractivity (Wildman–Crippen MR) is 160 cm³/mol. The van der Waals surface area contributed by atoms with Gasteiger partial charge in [0.05, 0.1) is 24.1 Å². The van der Waals surface area contributed by atoms with Gasteiger partial charge in [0.25, 0.3) is 5.91 Å². The Bertz CT molecular complexity index is 1130. The highest BCUT2D eigenvalue weighted by atomic mass is 19.4. The van der Waals surface area contributed by atoms with Gasteiger partial charge in [-0.25, -0.2) is 0 Å². The minimum Gasteiger partial charge on any atom is -0.395 e. The predicted octanol–water partition coefficient (Wildman–Crippen LogP) is 6.71. The summed E-state index contributed by atoms with van der Waals surface area (Å²) in [7, 11) is 0. The van der Waals surface area contributed by atoms with Gasteiger partial charge < -0.3 is 21.1 Å². The lowest BCUT2D eigenvalue weighted by molar-refractivity contribution is -0.171. The van der Waals surface area contributed by atoms with Gasteiger partial charge >= 0.3 is 6.18 Å². The minimum atomic E-state index is -4.38. The average Bonchev–Trinajstić information content (AvgIpc) is 3.11. The Labute approximate surface area is 242 Å². The normalized spacial score (nSPS) is 25.3. The monoisotopic (exact) mass is 574 g/mol. The van der Waals surface area contributed by atoms with E-state index in [1.165, 1.54) is 0 Å². The van der Waals surface area contributed by atoms with Crippen molar-refractivity contribution in [1.29, 1.82) is 5.41 Å². The number of hydrogen-bond donors (Lipinski definition) is 4. The SMILES string of the molecule is C=C/C(=C\C=C(/C)C(=N)/C(N)=C1\NCC[C@H](C2=C\C(CCC)C/C=C(COCC(F)(F)F)/C=C\2)NC1=O)CCCC. The first-order valence-corrected chi connectivity index (χ1v) is 14.4. The topological polar surface area (TPSA) is 100 Å². The van der Waals surface area contributed by atoms with Crippen LogP contribution in [-0.2, 0) is 9.53 Å². The zero-order chi connectivity index (χ0) is 30.4. The first-order valence-electron chi connectivity index (χ1n) is 14.4. The van der Waals surface area contributed by atoms with Gasteiger partial charge in [0.2, 0.25) is 0 Å². The van der Waals surface area contributed by atoms with Gasteiger partial charge in [-0.15, -0.1) is 0 Å². The van der Waals surface area contributed by atoms with Crippen LogP contribution >= 0.6 is 0 Å². The van der Waals surface area contributed by atoms with Crippen molar-refractivity contribution in [2.24, 2.45) is 11.7 Å². The van der Waals surface area contributed by atoms with Crippen LogP contribution < -0.4 is 16.4 Å². The van der Waals surface area contributed by atoms with Crippen molar-refractivity contribution in [3.05, 3.63) is 82.8 Å². The van der Waals surface area contributed by atoms with E-state index in [1.807, 2.05) is 30.4 Å². The van der Waals surface area contributed by atoms with Gasteiger partial charge in [-0.1, -0.05) is 75.8 Å². The third kappa shape index (κ3) is 11.6. The van der Waals surface area contributed by atoms with E-state index in [1.54, 1.807) is 13.0 Å². The van der Waals surface area contributed by atoms with Crippen molar-refractivity contribution < 1.29 is 22.7 Å². The molecule has 0 radical (unpaired) electrons. The lowest BCUT2D eigenvalue weighted by Gasteiger charge is -2.22. The molecule has 6 nitrogen and oxygen atoms in total. The number of nitrogens with one attached hydrogen (secondary N) is 3. The highest BCUT2D eigenvalue weighted by Crippen LogP contribution is 2.25. The number of halogens is 3. The number of amides is 1. The van der Waals surface area contributed by atoms with E-state index < -0.39 is 18.7 Å². The second-order valence-electron chi connectivity index (χ2n) is 10.5. The van der Waals surface area contributed by atoms with E-state index >= 15 is 0 Å². The molecular weight excluding hydrogens is 529 g/mol. The molecule has 1 aliphatic carbocycles. The lowest BCUT2D eigenvalue weighted by atomic mass is 9.90. The number of unbranched alkanes of at least 4 members (excludes halogenated alkanes) is 1. The molecule has 0 aromatic heterocycles. The molecule has 0 spiro atoms. The van der Waals surface area contributed by atoms with Crippen LogP contribution in [-0.4, -0.2) is 43.6 Å². The number of carbonyl (C=O) groups excluding carboxylic acids is 1. The second-order valence-corrected chi connectivity index (χ2v) is 10.5. The summed E-state index contributed by atoms with van der Waals surface area (Å²) < 4.78 is 42.5. The molecule has 41 heavy (non-hydrogen) atoms. The summed E-state index contributed by atoms with van der Waals surface area (Å²) >= 11 is 0. The molecule has 226 valence electrons.